The van der Waals surface area contributed by atoms with Gasteiger partial charge in [0.1, 0.15) is 0 Å². The van der Waals surface area contributed by atoms with Gasteiger partial charge < -0.3 is 9.64 Å². The smallest absolute Gasteiger partial charge is 0.310 e. The first-order valence-electron chi connectivity index (χ1n) is 8.79. The topological polar surface area (TPSA) is 88.6 Å². The quantitative estimate of drug-likeness (QED) is 0.744. The number of rotatable bonds is 6. The summed E-state index contributed by atoms with van der Waals surface area (Å²) in [7, 11) is 0. The number of amides is 2. The van der Waals surface area contributed by atoms with Crippen LogP contribution in [0.15, 0.2) is 22.2 Å². The molecule has 0 aliphatic carbocycles. The Hall–Kier alpha value is -2.26. The molecule has 1 N–H and O–H groups in total. The number of hydrogen-bond donors (Lipinski definition) is 1. The first-order valence-corrected chi connectivity index (χ1v) is 10.6. The van der Waals surface area contributed by atoms with Crippen LogP contribution < -0.4 is 5.32 Å². The van der Waals surface area contributed by atoms with E-state index >= 15 is 0 Å². The van der Waals surface area contributed by atoms with Crippen LogP contribution >= 0.6 is 22.7 Å². The van der Waals surface area contributed by atoms with Crippen molar-refractivity contribution in [2.75, 3.05) is 25.0 Å². The van der Waals surface area contributed by atoms with Crippen LogP contribution in [0.5, 0.6) is 0 Å². The van der Waals surface area contributed by atoms with Gasteiger partial charge in [-0.15, -0.1) is 11.3 Å². The zero-order chi connectivity index (χ0) is 19.2. The molecule has 2 aromatic rings. The van der Waals surface area contributed by atoms with Gasteiger partial charge in [-0.25, -0.2) is 4.98 Å². The van der Waals surface area contributed by atoms with E-state index in [-0.39, 0.29) is 30.1 Å². The molecule has 0 bridgehead atoms. The van der Waals surface area contributed by atoms with Crippen molar-refractivity contribution in [1.82, 2.24) is 9.88 Å². The second-order valence-corrected chi connectivity index (χ2v) is 7.86. The van der Waals surface area contributed by atoms with Crippen LogP contribution in [-0.2, 0) is 20.7 Å². The molecule has 3 rings (SSSR count). The van der Waals surface area contributed by atoms with Gasteiger partial charge in [-0.05, 0) is 31.2 Å². The minimum atomic E-state index is -0.251. The maximum atomic E-state index is 12.6. The summed E-state index contributed by atoms with van der Waals surface area (Å²) in [5, 5.41) is 8.59. The van der Waals surface area contributed by atoms with Gasteiger partial charge in [0.25, 0.3) is 5.91 Å². The Kier molecular flexibility index (Phi) is 6.57. The lowest BCUT2D eigenvalue weighted by Crippen LogP contribution is -2.43. The van der Waals surface area contributed by atoms with Gasteiger partial charge in [0, 0.05) is 23.8 Å². The van der Waals surface area contributed by atoms with Gasteiger partial charge in [0.05, 0.1) is 30.2 Å². The Morgan fingerprint density at radius 2 is 2.22 bits per heavy atom. The molecular weight excluding hydrogens is 386 g/mol. The fourth-order valence-electron chi connectivity index (χ4n) is 2.93. The zero-order valence-corrected chi connectivity index (χ0v) is 16.6. The van der Waals surface area contributed by atoms with Gasteiger partial charge >= 0.3 is 5.97 Å². The summed E-state index contributed by atoms with van der Waals surface area (Å²) in [6.07, 6.45) is 1.69. The third-order valence-corrected chi connectivity index (χ3v) is 5.77. The van der Waals surface area contributed by atoms with E-state index in [0.717, 1.165) is 12.8 Å². The highest BCUT2D eigenvalue weighted by molar-refractivity contribution is 7.14. The molecule has 0 aromatic carbocycles. The third-order valence-electron chi connectivity index (χ3n) is 4.28. The molecular formula is C18H21N3O4S2. The molecule has 3 heterocycles. The fourth-order valence-corrected chi connectivity index (χ4v) is 4.27. The average Bonchev–Trinajstić information content (AvgIpc) is 3.34. The molecule has 1 fully saturated rings. The number of esters is 1. The molecule has 27 heavy (non-hydrogen) atoms. The molecule has 1 aliphatic heterocycles. The lowest BCUT2D eigenvalue weighted by Gasteiger charge is -2.31. The second-order valence-electron chi connectivity index (χ2n) is 6.22. The molecule has 9 heteroatoms. The summed E-state index contributed by atoms with van der Waals surface area (Å²) in [6.45, 7) is 3.16. The molecule has 2 amide bonds. The van der Waals surface area contributed by atoms with Crippen molar-refractivity contribution < 1.29 is 19.1 Å². The molecule has 7 nitrogen and oxygen atoms in total. The Labute approximate surface area is 165 Å². The van der Waals surface area contributed by atoms with Gasteiger partial charge in [-0.1, -0.05) is 0 Å². The Balaban J connectivity index is 1.54. The predicted molar refractivity (Wildman–Crippen MR) is 104 cm³/mol. The van der Waals surface area contributed by atoms with Gasteiger partial charge in [-0.3, -0.25) is 19.7 Å². The van der Waals surface area contributed by atoms with E-state index in [2.05, 4.69) is 10.3 Å². The number of hydrogen-bond acceptors (Lipinski definition) is 7. The molecule has 1 saturated heterocycles. The zero-order valence-electron chi connectivity index (χ0n) is 15.0. The number of aromatic nitrogens is 1. The number of nitrogens with zero attached hydrogens (tertiary/aromatic N) is 2. The maximum absolute atomic E-state index is 12.6. The molecule has 0 radical (unpaired) electrons. The lowest BCUT2D eigenvalue weighted by molar-refractivity contribution is -0.151. The molecule has 0 saturated carbocycles. The van der Waals surface area contributed by atoms with Crippen LogP contribution in [0.1, 0.15) is 35.8 Å². The number of carbonyl (C=O) groups excluding carboxylic acids is 3. The number of carbonyl (C=O) groups is 3. The van der Waals surface area contributed by atoms with Crippen LogP contribution in [0.4, 0.5) is 5.13 Å². The van der Waals surface area contributed by atoms with Crippen LogP contribution in [0, 0.1) is 5.92 Å². The summed E-state index contributed by atoms with van der Waals surface area (Å²) in [5.74, 6) is -0.762. The summed E-state index contributed by atoms with van der Waals surface area (Å²) in [5.41, 5.74) is 1.20. The van der Waals surface area contributed by atoms with E-state index in [9.17, 15) is 14.4 Å². The fraction of sp³-hybridized carbons (Fsp3) is 0.444. The molecule has 1 unspecified atom stereocenters. The normalized spacial score (nSPS) is 16.8. The third kappa shape index (κ3) is 5.14. The van der Waals surface area contributed by atoms with Crippen LogP contribution in [0.25, 0.3) is 0 Å². The number of ether oxygens (including phenoxy) is 1. The van der Waals surface area contributed by atoms with E-state index in [1.807, 2.05) is 5.38 Å². The summed E-state index contributed by atoms with van der Waals surface area (Å²) >= 11 is 2.74. The Morgan fingerprint density at radius 3 is 2.96 bits per heavy atom. The molecule has 0 spiro atoms. The number of thiazole rings is 1. The van der Waals surface area contributed by atoms with Crippen molar-refractivity contribution in [3.63, 3.8) is 0 Å². The van der Waals surface area contributed by atoms with E-state index in [0.29, 0.717) is 36.1 Å². The average molecular weight is 408 g/mol. The van der Waals surface area contributed by atoms with Crippen molar-refractivity contribution in [3.05, 3.63) is 33.5 Å². The molecule has 2 aromatic heterocycles. The van der Waals surface area contributed by atoms with Gasteiger partial charge in [0.2, 0.25) is 5.91 Å². The summed E-state index contributed by atoms with van der Waals surface area (Å²) in [4.78, 5) is 42.6. The number of piperidine rings is 1. The number of nitrogens with one attached hydrogen (secondary N) is 1. The van der Waals surface area contributed by atoms with Crippen molar-refractivity contribution in [2.45, 2.75) is 26.2 Å². The minimum absolute atomic E-state index is 0.0648. The van der Waals surface area contributed by atoms with Crippen LogP contribution in [0.2, 0.25) is 0 Å². The van der Waals surface area contributed by atoms with Crippen molar-refractivity contribution in [3.8, 4) is 0 Å². The molecule has 1 atom stereocenters. The van der Waals surface area contributed by atoms with E-state index < -0.39 is 0 Å². The first kappa shape index (κ1) is 19.5. The summed E-state index contributed by atoms with van der Waals surface area (Å²) in [6, 6.07) is 1.74. The van der Waals surface area contributed by atoms with E-state index in [1.165, 1.54) is 22.7 Å². The first-order chi connectivity index (χ1) is 13.1. The van der Waals surface area contributed by atoms with Crippen molar-refractivity contribution in [2.24, 2.45) is 5.92 Å². The maximum Gasteiger partial charge on any atom is 0.310 e. The monoisotopic (exact) mass is 407 g/mol. The summed E-state index contributed by atoms with van der Waals surface area (Å²) < 4.78 is 5.07. The SMILES string of the molecule is CCOC(=O)C1CCCN(C(=O)Cc2csc(NC(=O)c3ccsc3)n2)C1. The highest BCUT2D eigenvalue weighted by Gasteiger charge is 2.29. The lowest BCUT2D eigenvalue weighted by atomic mass is 9.98. The second kappa shape index (κ2) is 9.09. The van der Waals surface area contributed by atoms with Crippen LogP contribution in [0.3, 0.4) is 0 Å². The van der Waals surface area contributed by atoms with Crippen LogP contribution in [-0.4, -0.2) is 47.4 Å². The molecule has 1 aliphatic rings. The highest BCUT2D eigenvalue weighted by Crippen LogP contribution is 2.21. The Bertz CT molecular complexity index is 803. The van der Waals surface area contributed by atoms with E-state index in [4.69, 9.17) is 4.74 Å². The molecule has 144 valence electrons. The van der Waals surface area contributed by atoms with Gasteiger partial charge in [-0.2, -0.15) is 11.3 Å². The number of thiophene rings is 1. The number of anilines is 1. The Morgan fingerprint density at radius 1 is 1.37 bits per heavy atom. The predicted octanol–water partition coefficient (Wildman–Crippen LogP) is 2.80. The highest BCUT2D eigenvalue weighted by atomic mass is 32.1. The number of likely N-dealkylation sites (tertiary alicyclic amines) is 1. The van der Waals surface area contributed by atoms with Crippen molar-refractivity contribution >= 4 is 45.6 Å². The largest absolute Gasteiger partial charge is 0.466 e. The van der Waals surface area contributed by atoms with Gasteiger partial charge in [0.15, 0.2) is 5.13 Å². The standard InChI is InChI=1S/C18H21N3O4S2/c1-2-25-17(24)12-4-3-6-21(9-12)15(22)8-14-11-27-18(19-14)20-16(23)13-5-7-26-10-13/h5,7,10-12H,2-4,6,8-9H2,1H3,(H,19,20,23). The van der Waals surface area contributed by atoms with E-state index in [1.54, 1.807) is 28.7 Å². The van der Waals surface area contributed by atoms with Crippen molar-refractivity contribution in [1.29, 1.82) is 0 Å². The minimum Gasteiger partial charge on any atom is -0.466 e.